The Balaban J connectivity index is 1.90. The van der Waals surface area contributed by atoms with Crippen LogP contribution in [0.15, 0.2) is 60.7 Å². The van der Waals surface area contributed by atoms with Crippen LogP contribution in [0.25, 0.3) is 10.8 Å². The maximum atomic E-state index is 12.2. The van der Waals surface area contributed by atoms with Crippen LogP contribution in [0.4, 0.5) is 0 Å². The van der Waals surface area contributed by atoms with Gasteiger partial charge in [-0.25, -0.2) is 4.79 Å². The summed E-state index contributed by atoms with van der Waals surface area (Å²) in [6.07, 6.45) is 0. The molecule has 0 unspecified atom stereocenters. The van der Waals surface area contributed by atoms with Crippen molar-refractivity contribution in [1.29, 1.82) is 0 Å². The third kappa shape index (κ3) is 3.02. The highest BCUT2D eigenvalue weighted by Crippen LogP contribution is 2.24. The number of esters is 1. The first-order valence-electron chi connectivity index (χ1n) is 6.29. The van der Waals surface area contributed by atoms with Crippen molar-refractivity contribution in [3.8, 4) is 5.75 Å². The van der Waals surface area contributed by atoms with Gasteiger partial charge in [-0.05, 0) is 41.1 Å². The average molecular weight is 317 g/mol. The Morgan fingerprint density at radius 1 is 0.857 bits per heavy atom. The van der Waals surface area contributed by atoms with Crippen molar-refractivity contribution >= 4 is 39.9 Å². The average Bonchev–Trinajstić information content (AvgIpc) is 2.49. The van der Waals surface area contributed by atoms with Crippen molar-refractivity contribution in [1.82, 2.24) is 0 Å². The molecule has 0 aliphatic heterocycles. The molecule has 0 aliphatic rings. The zero-order valence-electron chi connectivity index (χ0n) is 10.8. The van der Waals surface area contributed by atoms with Crippen LogP contribution in [0.2, 0.25) is 10.0 Å². The molecule has 0 N–H and O–H groups in total. The molecule has 0 aliphatic carbocycles. The Morgan fingerprint density at radius 3 is 2.43 bits per heavy atom. The minimum absolute atomic E-state index is 0.248. The van der Waals surface area contributed by atoms with Gasteiger partial charge in [0.05, 0.1) is 10.6 Å². The van der Waals surface area contributed by atoms with E-state index in [0.717, 1.165) is 10.8 Å². The summed E-state index contributed by atoms with van der Waals surface area (Å²) in [5.74, 6) is -0.0625. The quantitative estimate of drug-likeness (QED) is 0.469. The second-order valence-electron chi connectivity index (χ2n) is 4.52. The molecule has 0 saturated carbocycles. The molecule has 3 rings (SSSR count). The Morgan fingerprint density at radius 2 is 1.62 bits per heavy atom. The number of carbonyl (C=O) groups is 1. The van der Waals surface area contributed by atoms with Gasteiger partial charge >= 0.3 is 5.97 Å². The van der Waals surface area contributed by atoms with Gasteiger partial charge in [-0.15, -0.1) is 0 Å². The molecule has 21 heavy (non-hydrogen) atoms. The smallest absolute Gasteiger partial charge is 0.345 e. The fourth-order valence-corrected chi connectivity index (χ4v) is 2.41. The highest BCUT2D eigenvalue weighted by molar-refractivity contribution is 6.35. The summed E-state index contributed by atoms with van der Waals surface area (Å²) < 4.78 is 5.36. The second-order valence-corrected chi connectivity index (χ2v) is 5.37. The van der Waals surface area contributed by atoms with Gasteiger partial charge in [0.15, 0.2) is 0 Å². The fourth-order valence-electron chi connectivity index (χ4n) is 2.05. The maximum Gasteiger partial charge on any atom is 0.345 e. The van der Waals surface area contributed by atoms with Gasteiger partial charge in [-0.2, -0.15) is 0 Å². The summed E-state index contributed by atoms with van der Waals surface area (Å²) in [6, 6.07) is 18.0. The van der Waals surface area contributed by atoms with E-state index < -0.39 is 5.97 Å². The van der Waals surface area contributed by atoms with E-state index in [1.807, 2.05) is 36.4 Å². The van der Waals surface area contributed by atoms with E-state index in [-0.39, 0.29) is 5.56 Å². The van der Waals surface area contributed by atoms with E-state index >= 15 is 0 Å². The molecule has 0 atom stereocenters. The Hall–Kier alpha value is -2.03. The molecule has 4 heteroatoms. The molecule has 0 amide bonds. The van der Waals surface area contributed by atoms with Gasteiger partial charge in [-0.1, -0.05) is 53.5 Å². The standard InChI is InChI=1S/C17H10Cl2O2/c18-13-6-8-16(19)15(10-13)17(20)21-14-7-5-11-3-1-2-4-12(11)9-14/h1-10H. The predicted octanol–water partition coefficient (Wildman–Crippen LogP) is 5.37. The maximum absolute atomic E-state index is 12.2. The summed E-state index contributed by atoms with van der Waals surface area (Å²) in [5, 5.41) is 2.83. The van der Waals surface area contributed by atoms with Crippen molar-refractivity contribution < 1.29 is 9.53 Å². The highest BCUT2D eigenvalue weighted by atomic mass is 35.5. The topological polar surface area (TPSA) is 26.3 Å². The van der Waals surface area contributed by atoms with Crippen LogP contribution in [-0.2, 0) is 0 Å². The lowest BCUT2D eigenvalue weighted by Gasteiger charge is -2.07. The normalized spacial score (nSPS) is 10.6. The molecule has 0 spiro atoms. The van der Waals surface area contributed by atoms with E-state index in [2.05, 4.69) is 0 Å². The van der Waals surface area contributed by atoms with Gasteiger partial charge in [0, 0.05) is 5.02 Å². The van der Waals surface area contributed by atoms with Crippen LogP contribution in [0, 0.1) is 0 Å². The van der Waals surface area contributed by atoms with Crippen LogP contribution in [0.1, 0.15) is 10.4 Å². The van der Waals surface area contributed by atoms with Crippen molar-refractivity contribution in [2.24, 2.45) is 0 Å². The number of rotatable bonds is 2. The molecule has 2 nitrogen and oxygen atoms in total. The lowest BCUT2D eigenvalue weighted by Crippen LogP contribution is -2.09. The Bertz CT molecular complexity index is 828. The van der Waals surface area contributed by atoms with Crippen molar-refractivity contribution in [3.05, 3.63) is 76.3 Å². The molecule has 0 saturated heterocycles. The molecule has 0 radical (unpaired) electrons. The molecule has 0 heterocycles. The van der Waals surface area contributed by atoms with E-state index in [9.17, 15) is 4.79 Å². The monoisotopic (exact) mass is 316 g/mol. The summed E-state index contributed by atoms with van der Waals surface area (Å²) in [6.45, 7) is 0. The summed E-state index contributed by atoms with van der Waals surface area (Å²) in [5.41, 5.74) is 0.248. The number of benzene rings is 3. The van der Waals surface area contributed by atoms with E-state index in [4.69, 9.17) is 27.9 Å². The number of halogens is 2. The Labute approximate surface area is 131 Å². The molecular weight excluding hydrogens is 307 g/mol. The number of hydrogen-bond acceptors (Lipinski definition) is 2. The largest absolute Gasteiger partial charge is 0.423 e. The predicted molar refractivity (Wildman–Crippen MR) is 85.4 cm³/mol. The Kier molecular flexibility index (Phi) is 3.82. The van der Waals surface area contributed by atoms with Gasteiger partial charge in [0.1, 0.15) is 5.75 Å². The van der Waals surface area contributed by atoms with Gasteiger partial charge in [-0.3, -0.25) is 0 Å². The first-order chi connectivity index (χ1) is 10.1. The van der Waals surface area contributed by atoms with E-state index in [1.54, 1.807) is 18.2 Å². The number of hydrogen-bond donors (Lipinski definition) is 0. The van der Waals surface area contributed by atoms with Gasteiger partial charge in [0.25, 0.3) is 0 Å². The van der Waals surface area contributed by atoms with Gasteiger partial charge < -0.3 is 4.74 Å². The van der Waals surface area contributed by atoms with Crippen molar-refractivity contribution in [2.75, 3.05) is 0 Å². The van der Waals surface area contributed by atoms with Crippen LogP contribution >= 0.6 is 23.2 Å². The number of carbonyl (C=O) groups excluding carboxylic acids is 1. The number of fused-ring (bicyclic) bond motifs is 1. The lowest BCUT2D eigenvalue weighted by molar-refractivity contribution is 0.0735. The third-order valence-corrected chi connectivity index (χ3v) is 3.64. The summed E-state index contributed by atoms with van der Waals surface area (Å²) in [4.78, 5) is 12.2. The van der Waals surface area contributed by atoms with Crippen molar-refractivity contribution in [2.45, 2.75) is 0 Å². The van der Waals surface area contributed by atoms with Crippen LogP contribution in [0.3, 0.4) is 0 Å². The third-order valence-electron chi connectivity index (χ3n) is 3.08. The van der Waals surface area contributed by atoms with E-state index in [1.165, 1.54) is 6.07 Å². The van der Waals surface area contributed by atoms with Crippen LogP contribution < -0.4 is 4.74 Å². The van der Waals surface area contributed by atoms with Crippen molar-refractivity contribution in [3.63, 3.8) is 0 Å². The molecule has 0 bridgehead atoms. The molecular formula is C17H10Cl2O2. The SMILES string of the molecule is O=C(Oc1ccc2ccccc2c1)c1cc(Cl)ccc1Cl. The minimum Gasteiger partial charge on any atom is -0.423 e. The van der Waals surface area contributed by atoms with Crippen LogP contribution in [0.5, 0.6) is 5.75 Å². The molecule has 0 fully saturated rings. The summed E-state index contributed by atoms with van der Waals surface area (Å²) in [7, 11) is 0. The second kappa shape index (κ2) is 5.76. The van der Waals surface area contributed by atoms with E-state index in [0.29, 0.717) is 15.8 Å². The molecule has 3 aromatic rings. The zero-order chi connectivity index (χ0) is 14.8. The van der Waals surface area contributed by atoms with Gasteiger partial charge in [0.2, 0.25) is 0 Å². The lowest BCUT2D eigenvalue weighted by atomic mass is 10.1. The molecule has 0 aromatic heterocycles. The summed E-state index contributed by atoms with van der Waals surface area (Å²) >= 11 is 11.9. The highest BCUT2D eigenvalue weighted by Gasteiger charge is 2.13. The molecule has 3 aromatic carbocycles. The fraction of sp³-hybridized carbons (Fsp3) is 0. The molecule has 104 valence electrons. The minimum atomic E-state index is -0.530. The zero-order valence-corrected chi connectivity index (χ0v) is 12.4. The van der Waals surface area contributed by atoms with Crippen LogP contribution in [-0.4, -0.2) is 5.97 Å². The first-order valence-corrected chi connectivity index (χ1v) is 7.05. The number of ether oxygens (including phenoxy) is 1. The first kappa shape index (κ1) is 13.9.